The Labute approximate surface area is 170 Å². The molecule has 0 saturated carbocycles. The van der Waals surface area contributed by atoms with E-state index in [0.717, 1.165) is 11.1 Å². The summed E-state index contributed by atoms with van der Waals surface area (Å²) in [5.74, 6) is -0.169. The largest absolute Gasteiger partial charge is 0.383 e. The van der Waals surface area contributed by atoms with Crippen LogP contribution in [0.5, 0.6) is 0 Å². The van der Waals surface area contributed by atoms with Gasteiger partial charge in [0.25, 0.3) is 0 Å². The second-order valence-electron chi connectivity index (χ2n) is 6.74. The molecule has 0 fully saturated rings. The highest BCUT2D eigenvalue weighted by atomic mass is 32.1. The molecule has 4 rings (SSSR count). The Kier molecular flexibility index (Phi) is 4.85. The third-order valence-corrected chi connectivity index (χ3v) is 5.28. The first-order valence-electron chi connectivity index (χ1n) is 8.84. The molecule has 8 heteroatoms. The Balaban J connectivity index is 1.56. The number of nitrogen functional groups attached to an aromatic ring is 1. The zero-order valence-electron chi connectivity index (χ0n) is 15.8. The molecule has 4 aromatic rings. The van der Waals surface area contributed by atoms with E-state index < -0.39 is 11.8 Å². The van der Waals surface area contributed by atoms with Crippen molar-refractivity contribution in [2.24, 2.45) is 0 Å². The highest BCUT2D eigenvalue weighted by molar-refractivity contribution is 7.17. The number of aromatic nitrogens is 2. The van der Waals surface area contributed by atoms with E-state index in [0.29, 0.717) is 38.5 Å². The topological polar surface area (TPSA) is 92.9 Å². The fourth-order valence-corrected chi connectivity index (χ4v) is 4.16. The van der Waals surface area contributed by atoms with Crippen LogP contribution in [0.1, 0.15) is 11.1 Å². The van der Waals surface area contributed by atoms with Crippen molar-refractivity contribution in [1.82, 2.24) is 9.97 Å². The Morgan fingerprint density at radius 2 is 1.72 bits per heavy atom. The van der Waals surface area contributed by atoms with Crippen LogP contribution in [0.2, 0.25) is 0 Å². The van der Waals surface area contributed by atoms with Gasteiger partial charge in [-0.15, -0.1) is 11.3 Å². The number of urea groups is 1. The maximum absolute atomic E-state index is 14.8. The number of hydrogen-bond donors (Lipinski definition) is 3. The summed E-state index contributed by atoms with van der Waals surface area (Å²) in [6, 6.07) is 9.83. The number of nitrogens with zero attached hydrogens (tertiary/aromatic N) is 2. The van der Waals surface area contributed by atoms with E-state index >= 15 is 0 Å². The summed E-state index contributed by atoms with van der Waals surface area (Å²) in [4.78, 5) is 21.1. The Morgan fingerprint density at radius 1 is 1.00 bits per heavy atom. The van der Waals surface area contributed by atoms with Gasteiger partial charge in [-0.2, -0.15) is 0 Å². The third-order valence-electron chi connectivity index (χ3n) is 4.40. The van der Waals surface area contributed by atoms with Crippen molar-refractivity contribution in [3.05, 3.63) is 65.0 Å². The lowest BCUT2D eigenvalue weighted by molar-refractivity contribution is 0.262. The van der Waals surface area contributed by atoms with Gasteiger partial charge in [-0.3, -0.25) is 0 Å². The van der Waals surface area contributed by atoms with E-state index in [1.807, 2.05) is 32.0 Å². The predicted molar refractivity (Wildman–Crippen MR) is 116 cm³/mol. The van der Waals surface area contributed by atoms with Gasteiger partial charge in [-0.1, -0.05) is 6.07 Å². The van der Waals surface area contributed by atoms with Crippen molar-refractivity contribution in [3.63, 3.8) is 0 Å². The van der Waals surface area contributed by atoms with Crippen LogP contribution >= 0.6 is 11.3 Å². The smallest absolute Gasteiger partial charge is 0.323 e. The van der Waals surface area contributed by atoms with Crippen molar-refractivity contribution in [2.75, 3.05) is 16.4 Å². The number of nitrogens with one attached hydrogen (secondary N) is 2. The van der Waals surface area contributed by atoms with Crippen LogP contribution in [0, 0.1) is 19.7 Å². The number of halogens is 1. The molecule has 0 aliphatic rings. The Hall–Kier alpha value is -3.52. The van der Waals surface area contributed by atoms with Gasteiger partial charge in [-0.05, 0) is 55.3 Å². The summed E-state index contributed by atoms with van der Waals surface area (Å²) in [7, 11) is 0. The van der Waals surface area contributed by atoms with Crippen LogP contribution in [-0.2, 0) is 0 Å². The molecule has 4 N–H and O–H groups in total. The predicted octanol–water partition coefficient (Wildman–Crippen LogP) is 5.34. The summed E-state index contributed by atoms with van der Waals surface area (Å²) in [5, 5.41) is 7.84. The second kappa shape index (κ2) is 7.48. The molecule has 0 aliphatic carbocycles. The number of carbonyl (C=O) groups excluding carboxylic acids is 1. The first-order chi connectivity index (χ1) is 13.9. The number of hydrogen-bond acceptors (Lipinski definition) is 5. The van der Waals surface area contributed by atoms with Crippen molar-refractivity contribution < 1.29 is 9.18 Å². The molecule has 0 spiro atoms. The van der Waals surface area contributed by atoms with E-state index in [9.17, 15) is 9.18 Å². The number of benzene rings is 2. The molecule has 0 atom stereocenters. The molecule has 146 valence electrons. The Morgan fingerprint density at radius 3 is 2.45 bits per heavy atom. The van der Waals surface area contributed by atoms with Gasteiger partial charge in [0.1, 0.15) is 22.8 Å². The molecule has 2 aromatic heterocycles. The fourth-order valence-electron chi connectivity index (χ4n) is 3.25. The molecule has 29 heavy (non-hydrogen) atoms. The highest BCUT2D eigenvalue weighted by Crippen LogP contribution is 2.37. The third kappa shape index (κ3) is 3.88. The molecule has 2 heterocycles. The number of thiophene rings is 1. The summed E-state index contributed by atoms with van der Waals surface area (Å²) in [6.07, 6.45) is 1.38. The van der Waals surface area contributed by atoms with E-state index in [2.05, 4.69) is 20.6 Å². The number of aryl methyl sites for hydroxylation is 2. The molecule has 0 aliphatic heterocycles. The van der Waals surface area contributed by atoms with Crippen molar-refractivity contribution >= 4 is 44.8 Å². The number of nitrogens with two attached hydrogens (primary N) is 1. The molecule has 6 nitrogen and oxygen atoms in total. The number of amides is 2. The second-order valence-corrected chi connectivity index (χ2v) is 7.60. The number of carbonyl (C=O) groups is 1. The van der Waals surface area contributed by atoms with Gasteiger partial charge >= 0.3 is 6.03 Å². The Bertz CT molecular complexity index is 1220. The van der Waals surface area contributed by atoms with Gasteiger partial charge in [-0.25, -0.2) is 19.2 Å². The maximum Gasteiger partial charge on any atom is 0.323 e. The quantitative estimate of drug-likeness (QED) is 0.427. The zero-order chi connectivity index (χ0) is 20.5. The van der Waals surface area contributed by atoms with Gasteiger partial charge in [0.05, 0.1) is 5.39 Å². The molecule has 2 aromatic carbocycles. The average Bonchev–Trinajstić information content (AvgIpc) is 3.06. The molecular weight excluding hydrogens is 389 g/mol. The first-order valence-corrected chi connectivity index (χ1v) is 9.72. The normalized spacial score (nSPS) is 10.9. The fraction of sp³-hybridized carbons (Fsp3) is 0.0952. The molecule has 2 amide bonds. The lowest BCUT2D eigenvalue weighted by atomic mass is 10.0. The summed E-state index contributed by atoms with van der Waals surface area (Å²) >= 11 is 1.37. The summed E-state index contributed by atoms with van der Waals surface area (Å²) < 4.78 is 14.8. The molecular formula is C21H18FN5OS. The van der Waals surface area contributed by atoms with Crippen LogP contribution in [0.25, 0.3) is 21.3 Å². The number of fused-ring (bicyclic) bond motifs is 1. The van der Waals surface area contributed by atoms with E-state index in [1.165, 1.54) is 23.7 Å². The SMILES string of the molecule is Cc1cc(C)cc(NC(=O)Nc2ccc(-c3csc4ncnc(N)c34)c(F)c2)c1. The monoisotopic (exact) mass is 407 g/mol. The zero-order valence-corrected chi connectivity index (χ0v) is 16.6. The minimum Gasteiger partial charge on any atom is -0.383 e. The summed E-state index contributed by atoms with van der Waals surface area (Å²) in [6.45, 7) is 3.91. The standard InChI is InChI=1S/C21H18FN5OS/c1-11-5-12(2)7-14(6-11)27-21(28)26-13-3-4-15(17(22)8-13)16-9-29-20-18(16)19(23)24-10-25-20/h3-10H,1-2H3,(H2,23,24,25)(H2,26,27,28). The molecule has 0 bridgehead atoms. The van der Waals surface area contributed by atoms with E-state index in [1.54, 1.807) is 17.5 Å². The van der Waals surface area contributed by atoms with E-state index in [4.69, 9.17) is 5.73 Å². The van der Waals surface area contributed by atoms with Crippen LogP contribution < -0.4 is 16.4 Å². The van der Waals surface area contributed by atoms with Gasteiger partial charge in [0, 0.05) is 27.9 Å². The van der Waals surface area contributed by atoms with Crippen LogP contribution in [-0.4, -0.2) is 16.0 Å². The van der Waals surface area contributed by atoms with Crippen LogP contribution in [0.4, 0.5) is 26.4 Å². The van der Waals surface area contributed by atoms with Gasteiger partial charge in [0.15, 0.2) is 0 Å². The van der Waals surface area contributed by atoms with Gasteiger partial charge in [0.2, 0.25) is 0 Å². The molecule has 0 unspecified atom stereocenters. The van der Waals surface area contributed by atoms with Crippen molar-refractivity contribution in [1.29, 1.82) is 0 Å². The highest BCUT2D eigenvalue weighted by Gasteiger charge is 2.15. The van der Waals surface area contributed by atoms with E-state index in [-0.39, 0.29) is 0 Å². The average molecular weight is 407 g/mol. The number of anilines is 3. The first kappa shape index (κ1) is 18.8. The lowest BCUT2D eigenvalue weighted by Crippen LogP contribution is -2.19. The van der Waals surface area contributed by atoms with Crippen LogP contribution in [0.3, 0.4) is 0 Å². The molecule has 0 radical (unpaired) electrons. The van der Waals surface area contributed by atoms with Crippen LogP contribution in [0.15, 0.2) is 48.1 Å². The lowest BCUT2D eigenvalue weighted by Gasteiger charge is -2.10. The minimum absolute atomic E-state index is 0.306. The summed E-state index contributed by atoms with van der Waals surface area (Å²) in [5.41, 5.74) is 10.1. The van der Waals surface area contributed by atoms with Crippen molar-refractivity contribution in [3.8, 4) is 11.1 Å². The van der Waals surface area contributed by atoms with Crippen molar-refractivity contribution in [2.45, 2.75) is 13.8 Å². The minimum atomic E-state index is -0.475. The molecule has 0 saturated heterocycles. The van der Waals surface area contributed by atoms with Gasteiger partial charge < -0.3 is 16.4 Å². The number of rotatable bonds is 3. The maximum atomic E-state index is 14.8.